The second-order valence-corrected chi connectivity index (χ2v) is 2.88. The first-order valence-electron chi connectivity index (χ1n) is 1.95. The third-order valence-corrected chi connectivity index (χ3v) is 1.88. The molecule has 0 aliphatic carbocycles. The normalized spacial score (nSPS) is 28.0. The summed E-state index contributed by atoms with van der Waals surface area (Å²) in [7, 11) is -3.05. The van der Waals surface area contributed by atoms with Crippen molar-refractivity contribution in [1.82, 2.24) is 9.44 Å². The van der Waals surface area contributed by atoms with Crippen molar-refractivity contribution in [2.45, 2.75) is 0 Å². The zero-order valence-electron chi connectivity index (χ0n) is 3.64. The molecule has 1 rings (SSSR count). The number of hydrogen-bond donors (Lipinski definition) is 2. The van der Waals surface area contributed by atoms with E-state index >= 15 is 0 Å². The summed E-state index contributed by atoms with van der Waals surface area (Å²) in [6.45, 7) is 1.03. The molecule has 0 aromatic rings. The highest BCUT2D eigenvalue weighted by Gasteiger charge is 2.13. The van der Waals surface area contributed by atoms with Crippen molar-refractivity contribution in [3.8, 4) is 0 Å². The molecule has 5 heteroatoms. The summed E-state index contributed by atoms with van der Waals surface area (Å²) in [5, 5.41) is 0. The maximum Gasteiger partial charge on any atom is 0.276 e. The monoisotopic (exact) mass is 122 g/mol. The van der Waals surface area contributed by atoms with E-state index in [0.717, 1.165) is 0 Å². The summed E-state index contributed by atoms with van der Waals surface area (Å²) in [5.74, 6) is 0. The fourth-order valence-electron chi connectivity index (χ4n) is 0.422. The molecule has 0 saturated carbocycles. The topological polar surface area (TPSA) is 58.2 Å². The van der Waals surface area contributed by atoms with Gasteiger partial charge in [-0.05, 0) is 0 Å². The second-order valence-electron chi connectivity index (χ2n) is 1.29. The van der Waals surface area contributed by atoms with Crippen LogP contribution in [-0.4, -0.2) is 21.5 Å². The Morgan fingerprint density at radius 2 is 1.57 bits per heavy atom. The highest BCUT2D eigenvalue weighted by molar-refractivity contribution is 7.87. The van der Waals surface area contributed by atoms with E-state index in [-0.39, 0.29) is 0 Å². The fourth-order valence-corrected chi connectivity index (χ4v) is 1.27. The lowest BCUT2D eigenvalue weighted by Crippen LogP contribution is -2.22. The van der Waals surface area contributed by atoms with Crippen LogP contribution in [0.2, 0.25) is 0 Å². The van der Waals surface area contributed by atoms with Gasteiger partial charge in [-0.3, -0.25) is 0 Å². The first-order valence-corrected chi connectivity index (χ1v) is 3.43. The zero-order valence-corrected chi connectivity index (χ0v) is 4.46. The Morgan fingerprint density at radius 1 is 1.14 bits per heavy atom. The Bertz CT molecular complexity index is 137. The Morgan fingerprint density at radius 3 is 1.71 bits per heavy atom. The molecule has 0 aromatic carbocycles. The van der Waals surface area contributed by atoms with Crippen LogP contribution in [0.4, 0.5) is 0 Å². The maximum atomic E-state index is 10.2. The fraction of sp³-hybridized carbons (Fsp3) is 1.00. The summed E-state index contributed by atoms with van der Waals surface area (Å²) in [6, 6.07) is 0. The largest absolute Gasteiger partial charge is 0.276 e. The molecule has 1 saturated heterocycles. The van der Waals surface area contributed by atoms with Crippen molar-refractivity contribution < 1.29 is 8.42 Å². The van der Waals surface area contributed by atoms with Crippen LogP contribution >= 0.6 is 0 Å². The lowest BCUT2D eigenvalue weighted by atomic mass is 10.7. The first-order chi connectivity index (χ1) is 3.21. The number of rotatable bonds is 0. The minimum absolute atomic E-state index is 0.516. The smallest absolute Gasteiger partial charge is 0.201 e. The van der Waals surface area contributed by atoms with Crippen molar-refractivity contribution >= 4 is 10.2 Å². The summed E-state index contributed by atoms with van der Waals surface area (Å²) in [6.07, 6.45) is 0. The maximum absolute atomic E-state index is 10.2. The Kier molecular flexibility index (Phi) is 1.02. The molecular weight excluding hydrogens is 116 g/mol. The lowest BCUT2D eigenvalue weighted by molar-refractivity contribution is 0.587. The van der Waals surface area contributed by atoms with Crippen LogP contribution in [-0.2, 0) is 10.2 Å². The van der Waals surface area contributed by atoms with Crippen molar-refractivity contribution in [3.05, 3.63) is 0 Å². The van der Waals surface area contributed by atoms with Crippen molar-refractivity contribution in [3.63, 3.8) is 0 Å². The molecule has 7 heavy (non-hydrogen) atoms. The molecule has 0 radical (unpaired) electrons. The van der Waals surface area contributed by atoms with Crippen LogP contribution in [0.3, 0.4) is 0 Å². The third-order valence-electron chi connectivity index (χ3n) is 0.709. The molecule has 1 aliphatic rings. The SMILES string of the molecule is O=S1(=O)NCCN1. The van der Waals surface area contributed by atoms with E-state index in [1.54, 1.807) is 0 Å². The van der Waals surface area contributed by atoms with Gasteiger partial charge >= 0.3 is 0 Å². The van der Waals surface area contributed by atoms with E-state index in [1.165, 1.54) is 0 Å². The van der Waals surface area contributed by atoms with Crippen LogP contribution in [0.25, 0.3) is 0 Å². The molecule has 1 fully saturated rings. The predicted molar refractivity (Wildman–Crippen MR) is 24.9 cm³/mol. The van der Waals surface area contributed by atoms with Crippen molar-refractivity contribution in [1.29, 1.82) is 0 Å². The molecule has 1 aliphatic heterocycles. The predicted octanol–water partition coefficient (Wildman–Crippen LogP) is -1.58. The molecule has 0 amide bonds. The molecule has 0 atom stereocenters. The molecule has 42 valence electrons. The van der Waals surface area contributed by atoms with Crippen molar-refractivity contribution in [2.24, 2.45) is 0 Å². The summed E-state index contributed by atoms with van der Waals surface area (Å²) < 4.78 is 24.9. The zero-order chi connectivity index (χ0) is 5.33. The molecule has 0 bridgehead atoms. The first kappa shape index (κ1) is 5.02. The highest BCUT2D eigenvalue weighted by atomic mass is 32.2. The summed E-state index contributed by atoms with van der Waals surface area (Å²) in [5.41, 5.74) is 0. The van der Waals surface area contributed by atoms with E-state index in [9.17, 15) is 8.42 Å². The van der Waals surface area contributed by atoms with E-state index < -0.39 is 10.2 Å². The summed E-state index contributed by atoms with van der Waals surface area (Å²) in [4.78, 5) is 0. The molecule has 0 aromatic heterocycles. The lowest BCUT2D eigenvalue weighted by Gasteiger charge is -1.85. The average molecular weight is 122 g/mol. The second kappa shape index (κ2) is 1.43. The quantitative estimate of drug-likeness (QED) is 0.407. The molecule has 0 spiro atoms. The van der Waals surface area contributed by atoms with Gasteiger partial charge in [-0.2, -0.15) is 8.42 Å². The van der Waals surface area contributed by atoms with Gasteiger partial charge in [-0.25, -0.2) is 9.44 Å². The van der Waals surface area contributed by atoms with E-state index in [1.807, 2.05) is 0 Å². The minimum atomic E-state index is -3.05. The van der Waals surface area contributed by atoms with Gasteiger partial charge in [-0.1, -0.05) is 0 Å². The van der Waals surface area contributed by atoms with Crippen LogP contribution in [0.1, 0.15) is 0 Å². The van der Waals surface area contributed by atoms with Gasteiger partial charge in [0, 0.05) is 13.1 Å². The molecule has 0 unspecified atom stereocenters. The van der Waals surface area contributed by atoms with Gasteiger partial charge in [0.2, 0.25) is 0 Å². The van der Waals surface area contributed by atoms with Crippen LogP contribution in [0.15, 0.2) is 0 Å². The van der Waals surface area contributed by atoms with Crippen molar-refractivity contribution in [2.75, 3.05) is 13.1 Å². The third kappa shape index (κ3) is 1.12. The van der Waals surface area contributed by atoms with Gasteiger partial charge in [0.05, 0.1) is 0 Å². The summed E-state index contributed by atoms with van der Waals surface area (Å²) >= 11 is 0. The molecule has 4 nitrogen and oxygen atoms in total. The van der Waals surface area contributed by atoms with Gasteiger partial charge in [-0.15, -0.1) is 0 Å². The van der Waals surface area contributed by atoms with E-state index in [0.29, 0.717) is 13.1 Å². The number of hydrogen-bond acceptors (Lipinski definition) is 2. The van der Waals surface area contributed by atoms with E-state index in [2.05, 4.69) is 9.44 Å². The van der Waals surface area contributed by atoms with E-state index in [4.69, 9.17) is 0 Å². The Hall–Kier alpha value is -0.130. The molecular formula is C2H6N2O2S. The van der Waals surface area contributed by atoms with Gasteiger partial charge < -0.3 is 0 Å². The highest BCUT2D eigenvalue weighted by Crippen LogP contribution is 1.80. The average Bonchev–Trinajstić information content (AvgIpc) is 1.84. The van der Waals surface area contributed by atoms with Gasteiger partial charge in [0.25, 0.3) is 10.2 Å². The Balaban J connectivity index is 2.76. The van der Waals surface area contributed by atoms with Crippen LogP contribution < -0.4 is 9.44 Å². The minimum Gasteiger partial charge on any atom is -0.201 e. The molecule has 2 N–H and O–H groups in total. The van der Waals surface area contributed by atoms with Gasteiger partial charge in [0.15, 0.2) is 0 Å². The van der Waals surface area contributed by atoms with Crippen LogP contribution in [0, 0.1) is 0 Å². The van der Waals surface area contributed by atoms with Gasteiger partial charge in [0.1, 0.15) is 0 Å². The standard InChI is InChI=1S/C2H6N2O2S/c5-7(6)3-1-2-4-7/h3-4H,1-2H2. The Labute approximate surface area is 42.1 Å². The number of nitrogens with one attached hydrogen (secondary N) is 2. The molecule has 1 heterocycles. The van der Waals surface area contributed by atoms with Crippen LogP contribution in [0.5, 0.6) is 0 Å².